The standard InChI is InChI=1S/C13H13F3N4O2/c14-13(15,16)7-2-1-3-8(6-7)20-12(18)9(11(17)19-20)4-5-10(21)22/h1-3,6H,4-5,18H2,(H2,17,19)(H,21,22). The van der Waals surface area contributed by atoms with Crippen molar-refractivity contribution in [2.75, 3.05) is 11.5 Å². The maximum absolute atomic E-state index is 12.7. The summed E-state index contributed by atoms with van der Waals surface area (Å²) in [4.78, 5) is 10.6. The second kappa shape index (κ2) is 5.58. The van der Waals surface area contributed by atoms with E-state index in [4.69, 9.17) is 16.6 Å². The van der Waals surface area contributed by atoms with Crippen LogP contribution in [0, 0.1) is 0 Å². The molecule has 118 valence electrons. The normalized spacial score (nSPS) is 11.6. The van der Waals surface area contributed by atoms with E-state index in [-0.39, 0.29) is 30.2 Å². The Morgan fingerprint density at radius 1 is 1.32 bits per heavy atom. The van der Waals surface area contributed by atoms with Crippen molar-refractivity contribution in [3.8, 4) is 5.69 Å². The molecule has 0 aliphatic heterocycles. The van der Waals surface area contributed by atoms with E-state index < -0.39 is 17.7 Å². The van der Waals surface area contributed by atoms with E-state index in [2.05, 4.69) is 5.10 Å². The molecule has 0 saturated heterocycles. The SMILES string of the molecule is Nc1nn(-c2cccc(C(F)(F)F)c2)c(N)c1CCC(=O)O. The van der Waals surface area contributed by atoms with Crippen LogP contribution in [0.15, 0.2) is 24.3 Å². The van der Waals surface area contributed by atoms with Gasteiger partial charge in [0.25, 0.3) is 0 Å². The molecule has 2 aromatic rings. The number of nitrogens with two attached hydrogens (primary N) is 2. The predicted molar refractivity (Wildman–Crippen MR) is 73.3 cm³/mol. The van der Waals surface area contributed by atoms with E-state index in [1.807, 2.05) is 0 Å². The Labute approximate surface area is 123 Å². The summed E-state index contributed by atoms with van der Waals surface area (Å²) in [6.45, 7) is 0. The van der Waals surface area contributed by atoms with Gasteiger partial charge in [-0.15, -0.1) is 5.10 Å². The number of halogens is 3. The topological polar surface area (TPSA) is 107 Å². The van der Waals surface area contributed by atoms with Gasteiger partial charge in [0.2, 0.25) is 0 Å². The first-order valence-corrected chi connectivity index (χ1v) is 6.22. The minimum atomic E-state index is -4.49. The molecule has 0 spiro atoms. The molecule has 9 heteroatoms. The van der Waals surface area contributed by atoms with Crippen LogP contribution >= 0.6 is 0 Å². The zero-order valence-electron chi connectivity index (χ0n) is 11.3. The van der Waals surface area contributed by atoms with Crippen molar-refractivity contribution in [1.82, 2.24) is 9.78 Å². The molecule has 22 heavy (non-hydrogen) atoms. The van der Waals surface area contributed by atoms with E-state index in [1.165, 1.54) is 12.1 Å². The number of nitrogen functional groups attached to an aromatic ring is 2. The summed E-state index contributed by atoms with van der Waals surface area (Å²) in [6, 6.07) is 4.45. The lowest BCUT2D eigenvalue weighted by atomic mass is 10.1. The molecule has 0 bridgehead atoms. The highest BCUT2D eigenvalue weighted by Gasteiger charge is 2.30. The first kappa shape index (κ1) is 15.7. The van der Waals surface area contributed by atoms with E-state index >= 15 is 0 Å². The Morgan fingerprint density at radius 3 is 2.59 bits per heavy atom. The molecule has 0 amide bonds. The number of benzene rings is 1. The lowest BCUT2D eigenvalue weighted by Gasteiger charge is -2.09. The fourth-order valence-corrected chi connectivity index (χ4v) is 1.98. The average Bonchev–Trinajstić information content (AvgIpc) is 2.71. The number of carboxylic acid groups (broad SMARTS) is 1. The van der Waals surface area contributed by atoms with E-state index in [0.29, 0.717) is 5.56 Å². The molecule has 6 nitrogen and oxygen atoms in total. The molecule has 5 N–H and O–H groups in total. The van der Waals surface area contributed by atoms with Gasteiger partial charge < -0.3 is 16.6 Å². The van der Waals surface area contributed by atoms with Gasteiger partial charge in [-0.05, 0) is 24.6 Å². The first-order chi connectivity index (χ1) is 10.2. The average molecular weight is 314 g/mol. The predicted octanol–water partition coefficient (Wildman–Crippen LogP) is 2.07. The summed E-state index contributed by atoms with van der Waals surface area (Å²) in [5.41, 5.74) is 11.1. The van der Waals surface area contributed by atoms with Gasteiger partial charge in [-0.2, -0.15) is 13.2 Å². The molecule has 0 radical (unpaired) electrons. The van der Waals surface area contributed by atoms with Gasteiger partial charge in [-0.25, -0.2) is 4.68 Å². The third-order valence-electron chi connectivity index (χ3n) is 3.06. The molecule has 2 rings (SSSR count). The van der Waals surface area contributed by atoms with Crippen LogP contribution in [0.4, 0.5) is 24.8 Å². The van der Waals surface area contributed by atoms with Crippen LogP contribution in [-0.4, -0.2) is 20.9 Å². The molecular formula is C13H13F3N4O2. The lowest BCUT2D eigenvalue weighted by molar-refractivity contribution is -0.138. The molecule has 0 fully saturated rings. The second-order valence-corrected chi connectivity index (χ2v) is 4.60. The molecule has 0 atom stereocenters. The molecule has 0 aliphatic rings. The van der Waals surface area contributed by atoms with Crippen LogP contribution in [0.2, 0.25) is 0 Å². The van der Waals surface area contributed by atoms with Gasteiger partial charge in [0, 0.05) is 12.0 Å². The number of nitrogens with zero attached hydrogens (tertiary/aromatic N) is 2. The van der Waals surface area contributed by atoms with Gasteiger partial charge in [-0.1, -0.05) is 6.07 Å². The van der Waals surface area contributed by atoms with Crippen LogP contribution in [0.25, 0.3) is 5.69 Å². The first-order valence-electron chi connectivity index (χ1n) is 6.22. The maximum atomic E-state index is 12.7. The van der Waals surface area contributed by atoms with Gasteiger partial charge in [-0.3, -0.25) is 4.79 Å². The van der Waals surface area contributed by atoms with Gasteiger partial charge in [0.05, 0.1) is 11.3 Å². The van der Waals surface area contributed by atoms with Crippen LogP contribution in [-0.2, 0) is 17.4 Å². The summed E-state index contributed by atoms with van der Waals surface area (Å²) in [5, 5.41) is 12.6. The van der Waals surface area contributed by atoms with Crippen molar-refractivity contribution in [2.24, 2.45) is 0 Å². The fraction of sp³-hybridized carbons (Fsp3) is 0.231. The number of anilines is 2. The van der Waals surface area contributed by atoms with E-state index in [0.717, 1.165) is 16.8 Å². The van der Waals surface area contributed by atoms with E-state index in [1.54, 1.807) is 0 Å². The third-order valence-corrected chi connectivity index (χ3v) is 3.06. The Morgan fingerprint density at radius 2 is 2.00 bits per heavy atom. The van der Waals surface area contributed by atoms with Crippen molar-refractivity contribution in [1.29, 1.82) is 0 Å². The monoisotopic (exact) mass is 314 g/mol. The highest BCUT2D eigenvalue weighted by Crippen LogP contribution is 2.31. The number of rotatable bonds is 4. The zero-order chi connectivity index (χ0) is 16.5. The molecule has 1 heterocycles. The smallest absolute Gasteiger partial charge is 0.416 e. The Hall–Kier alpha value is -2.71. The van der Waals surface area contributed by atoms with Crippen molar-refractivity contribution in [3.05, 3.63) is 35.4 Å². The van der Waals surface area contributed by atoms with E-state index in [9.17, 15) is 18.0 Å². The van der Waals surface area contributed by atoms with Gasteiger partial charge in [0.1, 0.15) is 5.82 Å². The zero-order valence-corrected chi connectivity index (χ0v) is 11.3. The largest absolute Gasteiger partial charge is 0.481 e. The Bertz CT molecular complexity index is 710. The van der Waals surface area contributed by atoms with Crippen LogP contribution < -0.4 is 11.5 Å². The number of carbonyl (C=O) groups is 1. The quantitative estimate of drug-likeness (QED) is 0.801. The van der Waals surface area contributed by atoms with Gasteiger partial charge in [0.15, 0.2) is 5.82 Å². The molecule has 0 unspecified atom stereocenters. The highest BCUT2D eigenvalue weighted by atomic mass is 19.4. The molecule has 0 saturated carbocycles. The summed E-state index contributed by atoms with van der Waals surface area (Å²) >= 11 is 0. The van der Waals surface area contributed by atoms with Crippen LogP contribution in [0.3, 0.4) is 0 Å². The van der Waals surface area contributed by atoms with Crippen molar-refractivity contribution in [3.63, 3.8) is 0 Å². The maximum Gasteiger partial charge on any atom is 0.416 e. The van der Waals surface area contributed by atoms with Crippen LogP contribution in [0.1, 0.15) is 17.5 Å². The summed E-state index contributed by atoms with van der Waals surface area (Å²) in [7, 11) is 0. The Balaban J connectivity index is 2.42. The Kier molecular flexibility index (Phi) is 3.98. The number of carboxylic acids is 1. The summed E-state index contributed by atoms with van der Waals surface area (Å²) in [5.74, 6) is -1.01. The number of aliphatic carboxylic acids is 1. The van der Waals surface area contributed by atoms with Crippen LogP contribution in [0.5, 0.6) is 0 Å². The molecular weight excluding hydrogens is 301 g/mol. The summed E-state index contributed by atoms with van der Waals surface area (Å²) < 4.78 is 39.3. The minimum absolute atomic E-state index is 0.00355. The summed E-state index contributed by atoms with van der Waals surface area (Å²) in [6.07, 6.45) is -4.65. The number of hydrogen-bond acceptors (Lipinski definition) is 4. The second-order valence-electron chi connectivity index (χ2n) is 4.60. The molecule has 1 aromatic carbocycles. The number of hydrogen-bond donors (Lipinski definition) is 3. The minimum Gasteiger partial charge on any atom is -0.481 e. The van der Waals surface area contributed by atoms with Gasteiger partial charge >= 0.3 is 12.1 Å². The van der Waals surface area contributed by atoms with Crippen molar-refractivity contribution < 1.29 is 23.1 Å². The number of alkyl halides is 3. The van der Waals surface area contributed by atoms with Crippen molar-refractivity contribution >= 4 is 17.6 Å². The third kappa shape index (κ3) is 3.13. The number of aromatic nitrogens is 2. The highest BCUT2D eigenvalue weighted by molar-refractivity contribution is 5.68. The fourth-order valence-electron chi connectivity index (χ4n) is 1.98. The molecule has 1 aromatic heterocycles. The lowest BCUT2D eigenvalue weighted by Crippen LogP contribution is -2.08. The molecule has 0 aliphatic carbocycles. The van der Waals surface area contributed by atoms with Crippen molar-refractivity contribution in [2.45, 2.75) is 19.0 Å².